The van der Waals surface area contributed by atoms with Gasteiger partial charge in [-0.05, 0) is 46.1 Å². The first-order valence-electron chi connectivity index (χ1n) is 8.37. The Balaban J connectivity index is 1.67. The lowest BCUT2D eigenvalue weighted by Crippen LogP contribution is -2.48. The lowest BCUT2D eigenvalue weighted by Gasteiger charge is -2.29. The second-order valence-electron chi connectivity index (χ2n) is 6.74. The fraction of sp³-hybridized carbons (Fsp3) is 0.875. The van der Waals surface area contributed by atoms with Gasteiger partial charge in [-0.1, -0.05) is 12.8 Å². The second-order valence-corrected chi connectivity index (χ2v) is 6.74. The van der Waals surface area contributed by atoms with Gasteiger partial charge in [-0.15, -0.1) is 0 Å². The van der Waals surface area contributed by atoms with E-state index in [1.54, 1.807) is 0 Å². The predicted molar refractivity (Wildman–Crippen MR) is 82.8 cm³/mol. The molecule has 3 N–H and O–H groups in total. The van der Waals surface area contributed by atoms with Crippen molar-refractivity contribution in [1.82, 2.24) is 16.0 Å². The molecule has 3 atom stereocenters. The van der Waals surface area contributed by atoms with Crippen LogP contribution in [0.15, 0.2) is 0 Å². The number of rotatable bonds is 5. The standard InChI is InChI=1S/C16H29N3O2/c1-11-9-14(7-8-17-11)19-15(20)10-12(2)18-16(21)13-5-3-4-6-13/h11-14,17H,3-10H2,1-2H3,(H,18,21)(H,19,20). The summed E-state index contributed by atoms with van der Waals surface area (Å²) in [5.74, 6) is 0.345. The zero-order valence-corrected chi connectivity index (χ0v) is 13.3. The summed E-state index contributed by atoms with van der Waals surface area (Å²) in [6.45, 7) is 5.01. The highest BCUT2D eigenvalue weighted by Gasteiger charge is 2.25. The average molecular weight is 295 g/mol. The minimum absolute atomic E-state index is 0.0494. The molecule has 1 aliphatic carbocycles. The molecule has 0 bridgehead atoms. The fourth-order valence-electron chi connectivity index (χ4n) is 3.43. The highest BCUT2D eigenvalue weighted by molar-refractivity contribution is 5.81. The highest BCUT2D eigenvalue weighted by atomic mass is 16.2. The van der Waals surface area contributed by atoms with Crippen molar-refractivity contribution in [3.05, 3.63) is 0 Å². The van der Waals surface area contributed by atoms with Crippen LogP contribution < -0.4 is 16.0 Å². The van der Waals surface area contributed by atoms with Crippen molar-refractivity contribution in [3.8, 4) is 0 Å². The van der Waals surface area contributed by atoms with Gasteiger partial charge in [0.1, 0.15) is 0 Å². The van der Waals surface area contributed by atoms with Gasteiger partial charge in [-0.3, -0.25) is 9.59 Å². The first-order valence-corrected chi connectivity index (χ1v) is 8.37. The number of carbonyl (C=O) groups excluding carboxylic acids is 2. The Kier molecular flexibility index (Phi) is 6.03. The summed E-state index contributed by atoms with van der Waals surface area (Å²) in [7, 11) is 0. The maximum atomic E-state index is 12.0. The monoisotopic (exact) mass is 295 g/mol. The lowest BCUT2D eigenvalue weighted by molar-refractivity contribution is -0.126. The number of hydrogen-bond donors (Lipinski definition) is 3. The van der Waals surface area contributed by atoms with Crippen LogP contribution in [0, 0.1) is 5.92 Å². The number of carbonyl (C=O) groups is 2. The van der Waals surface area contributed by atoms with Crippen LogP contribution in [-0.2, 0) is 9.59 Å². The minimum atomic E-state index is -0.0859. The van der Waals surface area contributed by atoms with E-state index in [9.17, 15) is 9.59 Å². The first-order chi connectivity index (χ1) is 10.0. The summed E-state index contributed by atoms with van der Waals surface area (Å²) < 4.78 is 0. The maximum Gasteiger partial charge on any atom is 0.223 e. The summed E-state index contributed by atoms with van der Waals surface area (Å²) in [5.41, 5.74) is 0. The smallest absolute Gasteiger partial charge is 0.223 e. The Morgan fingerprint density at radius 2 is 1.95 bits per heavy atom. The third-order valence-electron chi connectivity index (χ3n) is 4.59. The van der Waals surface area contributed by atoms with Gasteiger partial charge in [0.2, 0.25) is 11.8 Å². The topological polar surface area (TPSA) is 70.2 Å². The fourth-order valence-corrected chi connectivity index (χ4v) is 3.43. The van der Waals surface area contributed by atoms with Crippen molar-refractivity contribution >= 4 is 11.8 Å². The molecule has 2 fully saturated rings. The summed E-state index contributed by atoms with van der Waals surface area (Å²) in [6.07, 6.45) is 6.64. The SMILES string of the molecule is CC1CC(NC(=O)CC(C)NC(=O)C2CCCC2)CCN1. The third-order valence-corrected chi connectivity index (χ3v) is 4.59. The van der Waals surface area contributed by atoms with E-state index < -0.39 is 0 Å². The predicted octanol–water partition coefficient (Wildman–Crippen LogP) is 1.33. The Morgan fingerprint density at radius 1 is 1.24 bits per heavy atom. The molecule has 5 nitrogen and oxygen atoms in total. The van der Waals surface area contributed by atoms with E-state index in [-0.39, 0.29) is 29.8 Å². The Labute approximate surface area is 127 Å². The number of nitrogens with one attached hydrogen (secondary N) is 3. The molecular weight excluding hydrogens is 266 g/mol. The van der Waals surface area contributed by atoms with Crippen molar-refractivity contribution < 1.29 is 9.59 Å². The number of piperidine rings is 1. The van der Waals surface area contributed by atoms with E-state index >= 15 is 0 Å². The normalized spacial score (nSPS) is 28.1. The van der Waals surface area contributed by atoms with E-state index in [0.29, 0.717) is 12.5 Å². The molecule has 5 heteroatoms. The molecule has 21 heavy (non-hydrogen) atoms. The molecule has 120 valence electrons. The molecule has 2 amide bonds. The zero-order chi connectivity index (χ0) is 15.2. The second kappa shape index (κ2) is 7.78. The molecule has 1 aliphatic heterocycles. The Bertz CT molecular complexity index is 367. The highest BCUT2D eigenvalue weighted by Crippen LogP contribution is 2.24. The van der Waals surface area contributed by atoms with E-state index in [2.05, 4.69) is 22.9 Å². The van der Waals surface area contributed by atoms with Gasteiger partial charge in [-0.25, -0.2) is 0 Å². The van der Waals surface area contributed by atoms with Crippen LogP contribution in [0.5, 0.6) is 0 Å². The van der Waals surface area contributed by atoms with Gasteiger partial charge >= 0.3 is 0 Å². The molecule has 0 aromatic rings. The minimum Gasteiger partial charge on any atom is -0.353 e. The molecule has 1 saturated heterocycles. The molecule has 0 aromatic heterocycles. The summed E-state index contributed by atoms with van der Waals surface area (Å²) in [4.78, 5) is 24.1. The van der Waals surface area contributed by atoms with Crippen molar-refractivity contribution in [2.24, 2.45) is 5.92 Å². The quantitative estimate of drug-likeness (QED) is 0.716. The Hall–Kier alpha value is -1.10. The van der Waals surface area contributed by atoms with Gasteiger partial charge < -0.3 is 16.0 Å². The molecule has 2 rings (SSSR count). The van der Waals surface area contributed by atoms with Crippen LogP contribution in [0.1, 0.15) is 58.8 Å². The van der Waals surface area contributed by atoms with Crippen LogP contribution in [0.4, 0.5) is 0 Å². The molecule has 0 spiro atoms. The maximum absolute atomic E-state index is 12.0. The van der Waals surface area contributed by atoms with Crippen LogP contribution in [0.3, 0.4) is 0 Å². The molecule has 0 radical (unpaired) electrons. The number of amides is 2. The average Bonchev–Trinajstić information content (AvgIpc) is 2.91. The zero-order valence-electron chi connectivity index (χ0n) is 13.3. The van der Waals surface area contributed by atoms with E-state index in [0.717, 1.165) is 45.1 Å². The van der Waals surface area contributed by atoms with Crippen LogP contribution >= 0.6 is 0 Å². The molecule has 3 unspecified atom stereocenters. The van der Waals surface area contributed by atoms with Crippen molar-refractivity contribution in [3.63, 3.8) is 0 Å². The Morgan fingerprint density at radius 3 is 2.62 bits per heavy atom. The van der Waals surface area contributed by atoms with Gasteiger partial charge in [-0.2, -0.15) is 0 Å². The summed E-state index contributed by atoms with van der Waals surface area (Å²) >= 11 is 0. The number of hydrogen-bond acceptors (Lipinski definition) is 3. The van der Waals surface area contributed by atoms with Crippen LogP contribution in [0.25, 0.3) is 0 Å². The largest absolute Gasteiger partial charge is 0.353 e. The van der Waals surface area contributed by atoms with E-state index in [1.165, 1.54) is 0 Å². The lowest BCUT2D eigenvalue weighted by atomic mass is 10.0. The van der Waals surface area contributed by atoms with Gasteiger partial charge in [0.15, 0.2) is 0 Å². The first kappa shape index (κ1) is 16.3. The summed E-state index contributed by atoms with van der Waals surface area (Å²) in [5, 5.41) is 9.45. The molecule has 2 aliphatic rings. The van der Waals surface area contributed by atoms with Gasteiger partial charge in [0.25, 0.3) is 0 Å². The van der Waals surface area contributed by atoms with Crippen molar-refractivity contribution in [2.75, 3.05) is 6.54 Å². The van der Waals surface area contributed by atoms with Gasteiger partial charge in [0.05, 0.1) is 0 Å². The van der Waals surface area contributed by atoms with Crippen LogP contribution in [-0.4, -0.2) is 36.5 Å². The molecule has 1 heterocycles. The molecular formula is C16H29N3O2. The van der Waals surface area contributed by atoms with Crippen molar-refractivity contribution in [1.29, 1.82) is 0 Å². The molecule has 0 aromatic carbocycles. The summed E-state index contributed by atoms with van der Waals surface area (Å²) in [6, 6.07) is 0.646. The third kappa shape index (κ3) is 5.30. The van der Waals surface area contributed by atoms with E-state index in [4.69, 9.17) is 0 Å². The van der Waals surface area contributed by atoms with Gasteiger partial charge in [0, 0.05) is 30.5 Å². The van der Waals surface area contributed by atoms with Crippen molar-refractivity contribution in [2.45, 2.75) is 76.9 Å². The van der Waals surface area contributed by atoms with E-state index in [1.807, 2.05) is 6.92 Å². The van der Waals surface area contributed by atoms with Crippen LogP contribution in [0.2, 0.25) is 0 Å². The molecule has 1 saturated carbocycles.